The lowest BCUT2D eigenvalue weighted by Gasteiger charge is -2.40. The number of rotatable bonds is 5. The first-order chi connectivity index (χ1) is 10.1. The van der Waals surface area contributed by atoms with Crippen molar-refractivity contribution < 1.29 is 14.7 Å². The highest BCUT2D eigenvalue weighted by atomic mass is 16.4. The lowest BCUT2D eigenvalue weighted by Crippen LogP contribution is -2.55. The van der Waals surface area contributed by atoms with Crippen LogP contribution in [-0.2, 0) is 4.79 Å². The summed E-state index contributed by atoms with van der Waals surface area (Å²) in [6.07, 6.45) is 7.16. The Bertz CT molecular complexity index is 418. The number of carbonyl (C=O) groups is 2. The minimum absolute atomic E-state index is 0.0219. The SMILES string of the molecule is CCC1CCN(C(=O)N(CC2CC2)C2CC2)C(C(=O)O)C1. The van der Waals surface area contributed by atoms with Crippen molar-refractivity contribution in [3.8, 4) is 0 Å². The van der Waals surface area contributed by atoms with Crippen LogP contribution in [0.3, 0.4) is 0 Å². The third kappa shape index (κ3) is 3.33. The molecule has 3 aliphatic rings. The van der Waals surface area contributed by atoms with Crippen molar-refractivity contribution in [1.29, 1.82) is 0 Å². The minimum Gasteiger partial charge on any atom is -0.480 e. The molecular weight excluding hydrogens is 268 g/mol. The van der Waals surface area contributed by atoms with Crippen LogP contribution in [0, 0.1) is 11.8 Å². The number of aliphatic carboxylic acids is 1. The molecule has 5 nitrogen and oxygen atoms in total. The summed E-state index contributed by atoms with van der Waals surface area (Å²) in [4.78, 5) is 28.0. The Morgan fingerprint density at radius 3 is 2.38 bits per heavy atom. The Morgan fingerprint density at radius 1 is 1.14 bits per heavy atom. The third-order valence-corrected chi connectivity index (χ3v) is 5.20. The molecule has 3 rings (SSSR count). The molecule has 0 aromatic rings. The zero-order chi connectivity index (χ0) is 15.0. The Kier molecular flexibility index (Phi) is 4.09. The van der Waals surface area contributed by atoms with Gasteiger partial charge in [0.1, 0.15) is 6.04 Å². The van der Waals surface area contributed by atoms with Gasteiger partial charge in [-0.15, -0.1) is 0 Å². The lowest BCUT2D eigenvalue weighted by atomic mass is 9.89. The van der Waals surface area contributed by atoms with Crippen LogP contribution in [0.25, 0.3) is 0 Å². The zero-order valence-electron chi connectivity index (χ0n) is 12.8. The molecule has 2 unspecified atom stereocenters. The van der Waals surface area contributed by atoms with Gasteiger partial charge in [-0.25, -0.2) is 9.59 Å². The first-order valence-electron chi connectivity index (χ1n) is 8.40. The summed E-state index contributed by atoms with van der Waals surface area (Å²) in [6.45, 7) is 3.54. The maximum absolute atomic E-state index is 12.8. The maximum atomic E-state index is 12.8. The van der Waals surface area contributed by atoms with Crippen LogP contribution in [0.5, 0.6) is 0 Å². The van der Waals surface area contributed by atoms with Gasteiger partial charge in [0, 0.05) is 19.1 Å². The summed E-state index contributed by atoms with van der Waals surface area (Å²) >= 11 is 0. The van der Waals surface area contributed by atoms with Crippen molar-refractivity contribution in [2.24, 2.45) is 11.8 Å². The first-order valence-corrected chi connectivity index (χ1v) is 8.40. The summed E-state index contributed by atoms with van der Waals surface area (Å²) in [7, 11) is 0. The molecule has 2 amide bonds. The first kappa shape index (κ1) is 14.7. The van der Waals surface area contributed by atoms with E-state index in [4.69, 9.17) is 0 Å². The molecule has 5 heteroatoms. The number of likely N-dealkylation sites (tertiary alicyclic amines) is 1. The van der Waals surface area contributed by atoms with E-state index in [1.807, 2.05) is 4.90 Å². The quantitative estimate of drug-likeness (QED) is 0.847. The van der Waals surface area contributed by atoms with E-state index in [9.17, 15) is 14.7 Å². The highest BCUT2D eigenvalue weighted by molar-refractivity contribution is 5.83. The molecule has 0 radical (unpaired) electrons. The summed E-state index contributed by atoms with van der Waals surface area (Å²) in [5.41, 5.74) is 0. The second kappa shape index (κ2) is 5.85. The zero-order valence-corrected chi connectivity index (χ0v) is 12.8. The Hall–Kier alpha value is -1.26. The number of carbonyl (C=O) groups excluding carboxylic acids is 1. The fraction of sp³-hybridized carbons (Fsp3) is 0.875. The number of urea groups is 1. The summed E-state index contributed by atoms with van der Waals surface area (Å²) in [6, 6.07) is -0.278. The normalized spacial score (nSPS) is 29.3. The van der Waals surface area contributed by atoms with Crippen LogP contribution in [0.4, 0.5) is 4.79 Å². The van der Waals surface area contributed by atoms with E-state index < -0.39 is 12.0 Å². The van der Waals surface area contributed by atoms with Gasteiger partial charge in [-0.2, -0.15) is 0 Å². The molecular formula is C16H26N2O3. The number of hydrogen-bond donors (Lipinski definition) is 1. The number of hydrogen-bond acceptors (Lipinski definition) is 2. The third-order valence-electron chi connectivity index (χ3n) is 5.20. The van der Waals surface area contributed by atoms with Gasteiger partial charge >= 0.3 is 12.0 Å². The predicted octanol–water partition coefficient (Wildman–Crippen LogP) is 2.56. The standard InChI is InChI=1S/C16H26N2O3/c1-2-11-7-8-17(14(9-11)15(19)20)16(21)18(13-5-6-13)10-12-3-4-12/h11-14H,2-10H2,1H3,(H,19,20). The predicted molar refractivity (Wildman–Crippen MR) is 79.0 cm³/mol. The number of amides is 2. The number of piperidine rings is 1. The van der Waals surface area contributed by atoms with E-state index in [1.165, 1.54) is 12.8 Å². The van der Waals surface area contributed by atoms with Crippen molar-refractivity contribution in [1.82, 2.24) is 9.80 Å². The number of carboxylic acid groups (broad SMARTS) is 1. The van der Waals surface area contributed by atoms with E-state index in [-0.39, 0.29) is 6.03 Å². The molecule has 3 fully saturated rings. The molecule has 0 aromatic heterocycles. The van der Waals surface area contributed by atoms with Crippen LogP contribution in [0.15, 0.2) is 0 Å². The van der Waals surface area contributed by atoms with Gasteiger partial charge in [0.2, 0.25) is 0 Å². The molecule has 1 saturated heterocycles. The largest absolute Gasteiger partial charge is 0.480 e. The van der Waals surface area contributed by atoms with Crippen molar-refractivity contribution in [2.45, 2.75) is 64.0 Å². The van der Waals surface area contributed by atoms with Crippen LogP contribution in [0.1, 0.15) is 51.9 Å². The number of nitrogens with zero attached hydrogens (tertiary/aromatic N) is 2. The molecule has 2 atom stereocenters. The molecule has 1 aliphatic heterocycles. The Labute approximate surface area is 126 Å². The highest BCUT2D eigenvalue weighted by Gasteiger charge is 2.42. The van der Waals surface area contributed by atoms with E-state index in [0.717, 1.165) is 32.2 Å². The van der Waals surface area contributed by atoms with Crippen LogP contribution < -0.4 is 0 Å². The summed E-state index contributed by atoms with van der Waals surface area (Å²) in [5.74, 6) is 0.252. The van der Waals surface area contributed by atoms with Gasteiger partial charge in [-0.05, 0) is 50.4 Å². The highest BCUT2D eigenvalue weighted by Crippen LogP contribution is 2.36. The van der Waals surface area contributed by atoms with Crippen molar-refractivity contribution in [3.63, 3.8) is 0 Å². The summed E-state index contributed by atoms with van der Waals surface area (Å²) in [5, 5.41) is 9.49. The van der Waals surface area contributed by atoms with E-state index in [0.29, 0.717) is 30.8 Å². The van der Waals surface area contributed by atoms with Gasteiger partial charge in [-0.1, -0.05) is 13.3 Å². The van der Waals surface area contributed by atoms with Crippen LogP contribution in [0.2, 0.25) is 0 Å². The van der Waals surface area contributed by atoms with Crippen molar-refractivity contribution in [2.75, 3.05) is 13.1 Å². The molecule has 0 spiro atoms. The van der Waals surface area contributed by atoms with Crippen molar-refractivity contribution in [3.05, 3.63) is 0 Å². The molecule has 1 heterocycles. The van der Waals surface area contributed by atoms with Gasteiger partial charge in [0.05, 0.1) is 0 Å². The monoisotopic (exact) mass is 294 g/mol. The average Bonchev–Trinajstić information content (AvgIpc) is 3.36. The van der Waals surface area contributed by atoms with Crippen molar-refractivity contribution >= 4 is 12.0 Å². The number of carboxylic acids is 1. The van der Waals surface area contributed by atoms with E-state index in [1.54, 1.807) is 4.90 Å². The Balaban J connectivity index is 1.69. The average molecular weight is 294 g/mol. The summed E-state index contributed by atoms with van der Waals surface area (Å²) < 4.78 is 0. The van der Waals surface area contributed by atoms with Crippen LogP contribution in [-0.4, -0.2) is 52.1 Å². The molecule has 118 valence electrons. The van der Waals surface area contributed by atoms with Gasteiger partial charge in [0.25, 0.3) is 0 Å². The minimum atomic E-state index is -0.844. The lowest BCUT2D eigenvalue weighted by molar-refractivity contribution is -0.144. The molecule has 2 saturated carbocycles. The molecule has 0 bridgehead atoms. The molecule has 21 heavy (non-hydrogen) atoms. The second-order valence-electron chi connectivity index (χ2n) is 6.96. The second-order valence-corrected chi connectivity index (χ2v) is 6.96. The molecule has 1 N–H and O–H groups in total. The maximum Gasteiger partial charge on any atom is 0.326 e. The van der Waals surface area contributed by atoms with E-state index >= 15 is 0 Å². The van der Waals surface area contributed by atoms with Gasteiger partial charge in [0.15, 0.2) is 0 Å². The van der Waals surface area contributed by atoms with Gasteiger partial charge < -0.3 is 14.9 Å². The molecule has 0 aromatic carbocycles. The van der Waals surface area contributed by atoms with E-state index in [2.05, 4.69) is 6.92 Å². The fourth-order valence-corrected chi connectivity index (χ4v) is 3.39. The fourth-order valence-electron chi connectivity index (χ4n) is 3.39. The van der Waals surface area contributed by atoms with Gasteiger partial charge in [-0.3, -0.25) is 0 Å². The Morgan fingerprint density at radius 2 is 1.86 bits per heavy atom. The van der Waals surface area contributed by atoms with Crippen LogP contribution >= 0.6 is 0 Å². The smallest absolute Gasteiger partial charge is 0.326 e. The molecule has 2 aliphatic carbocycles. The topological polar surface area (TPSA) is 60.9 Å².